The zero-order chi connectivity index (χ0) is 12.6. The van der Waals surface area contributed by atoms with Crippen LogP contribution < -0.4 is 10.6 Å². The van der Waals surface area contributed by atoms with Crippen LogP contribution in [0.3, 0.4) is 0 Å². The van der Waals surface area contributed by atoms with Crippen molar-refractivity contribution in [3.63, 3.8) is 0 Å². The SMILES string of the molecule is CCOCCCNC(=S)NCC1(SC)CCC1. The molecule has 2 N–H and O–H groups in total. The minimum Gasteiger partial charge on any atom is -0.382 e. The van der Waals surface area contributed by atoms with E-state index in [1.165, 1.54) is 19.3 Å². The Hall–Kier alpha value is 0. The summed E-state index contributed by atoms with van der Waals surface area (Å²) in [4.78, 5) is 0. The maximum Gasteiger partial charge on any atom is 0.166 e. The average molecular weight is 276 g/mol. The molecule has 0 saturated heterocycles. The van der Waals surface area contributed by atoms with Gasteiger partial charge in [-0.1, -0.05) is 6.42 Å². The maximum atomic E-state index is 5.27. The summed E-state index contributed by atoms with van der Waals surface area (Å²) in [6.45, 7) is 5.49. The van der Waals surface area contributed by atoms with Crippen molar-refractivity contribution in [1.82, 2.24) is 10.6 Å². The molecule has 1 fully saturated rings. The van der Waals surface area contributed by atoms with Crippen molar-refractivity contribution in [1.29, 1.82) is 0 Å². The molecule has 3 nitrogen and oxygen atoms in total. The van der Waals surface area contributed by atoms with E-state index in [2.05, 4.69) is 16.9 Å². The van der Waals surface area contributed by atoms with Gasteiger partial charge in [0.1, 0.15) is 0 Å². The van der Waals surface area contributed by atoms with Crippen LogP contribution in [0.1, 0.15) is 32.6 Å². The molecule has 1 rings (SSSR count). The summed E-state index contributed by atoms with van der Waals surface area (Å²) < 4.78 is 5.71. The van der Waals surface area contributed by atoms with Crippen molar-refractivity contribution < 1.29 is 4.74 Å². The molecule has 1 aliphatic rings. The topological polar surface area (TPSA) is 33.3 Å². The normalized spacial score (nSPS) is 17.3. The minimum atomic E-state index is 0.442. The Labute approximate surface area is 114 Å². The first kappa shape index (κ1) is 15.1. The third-order valence-electron chi connectivity index (χ3n) is 3.22. The number of hydrogen-bond donors (Lipinski definition) is 2. The molecule has 1 aliphatic carbocycles. The van der Waals surface area contributed by atoms with Crippen LogP contribution in [0.5, 0.6) is 0 Å². The standard InChI is InChI=1S/C12H24N2OS2/c1-3-15-9-5-8-13-11(16)14-10-12(17-2)6-4-7-12/h3-10H2,1-2H3,(H2,13,14,16). The molecule has 1 saturated carbocycles. The summed E-state index contributed by atoms with van der Waals surface area (Å²) in [6, 6.07) is 0. The van der Waals surface area contributed by atoms with E-state index in [4.69, 9.17) is 17.0 Å². The van der Waals surface area contributed by atoms with E-state index in [0.29, 0.717) is 4.75 Å². The van der Waals surface area contributed by atoms with Gasteiger partial charge in [0.15, 0.2) is 5.11 Å². The van der Waals surface area contributed by atoms with Gasteiger partial charge in [-0.15, -0.1) is 0 Å². The highest BCUT2D eigenvalue weighted by Crippen LogP contribution is 2.42. The zero-order valence-electron chi connectivity index (χ0n) is 10.9. The van der Waals surface area contributed by atoms with E-state index in [1.807, 2.05) is 18.7 Å². The molecular weight excluding hydrogens is 252 g/mol. The molecule has 0 heterocycles. The van der Waals surface area contributed by atoms with Gasteiger partial charge in [0, 0.05) is 31.1 Å². The summed E-state index contributed by atoms with van der Waals surface area (Å²) in [5.41, 5.74) is 0. The van der Waals surface area contributed by atoms with Crippen LogP contribution in [0, 0.1) is 0 Å². The molecule has 0 radical (unpaired) electrons. The lowest BCUT2D eigenvalue weighted by Gasteiger charge is -2.40. The van der Waals surface area contributed by atoms with Crippen molar-refractivity contribution in [3.05, 3.63) is 0 Å². The van der Waals surface area contributed by atoms with E-state index in [0.717, 1.165) is 37.8 Å². The highest BCUT2D eigenvalue weighted by molar-refractivity contribution is 8.00. The quantitative estimate of drug-likeness (QED) is 0.524. The number of ether oxygens (including phenoxy) is 1. The van der Waals surface area contributed by atoms with Crippen molar-refractivity contribution >= 4 is 29.1 Å². The lowest BCUT2D eigenvalue weighted by molar-refractivity contribution is 0.145. The molecule has 100 valence electrons. The van der Waals surface area contributed by atoms with Gasteiger partial charge >= 0.3 is 0 Å². The van der Waals surface area contributed by atoms with E-state index in [9.17, 15) is 0 Å². The van der Waals surface area contributed by atoms with Crippen LogP contribution in [0.2, 0.25) is 0 Å². The molecule has 0 spiro atoms. The van der Waals surface area contributed by atoms with Crippen LogP contribution in [0.4, 0.5) is 0 Å². The second kappa shape index (κ2) is 8.16. The number of thioether (sulfide) groups is 1. The van der Waals surface area contributed by atoms with Crippen LogP contribution in [-0.2, 0) is 4.74 Å². The van der Waals surface area contributed by atoms with Gasteiger partial charge in [-0.3, -0.25) is 0 Å². The highest BCUT2D eigenvalue weighted by atomic mass is 32.2. The fourth-order valence-corrected chi connectivity index (χ4v) is 2.94. The monoisotopic (exact) mass is 276 g/mol. The van der Waals surface area contributed by atoms with E-state index < -0.39 is 0 Å². The molecule has 0 aromatic carbocycles. The smallest absolute Gasteiger partial charge is 0.166 e. The maximum absolute atomic E-state index is 5.27. The lowest BCUT2D eigenvalue weighted by Crippen LogP contribution is -2.48. The Morgan fingerprint density at radius 2 is 2.18 bits per heavy atom. The largest absolute Gasteiger partial charge is 0.382 e. The van der Waals surface area contributed by atoms with Crippen LogP contribution in [0.25, 0.3) is 0 Å². The van der Waals surface area contributed by atoms with Gasteiger partial charge in [-0.25, -0.2) is 0 Å². The van der Waals surface area contributed by atoms with Gasteiger partial charge in [-0.05, 0) is 44.7 Å². The van der Waals surface area contributed by atoms with Gasteiger partial charge in [0.2, 0.25) is 0 Å². The molecule has 17 heavy (non-hydrogen) atoms. The Kier molecular flexibility index (Phi) is 7.23. The van der Waals surface area contributed by atoms with Gasteiger partial charge < -0.3 is 15.4 Å². The van der Waals surface area contributed by atoms with Gasteiger partial charge in [0.05, 0.1) is 0 Å². The summed E-state index contributed by atoms with van der Waals surface area (Å²) in [6.07, 6.45) is 7.18. The van der Waals surface area contributed by atoms with E-state index >= 15 is 0 Å². The molecule has 0 bridgehead atoms. The van der Waals surface area contributed by atoms with Crippen molar-refractivity contribution in [2.75, 3.05) is 32.6 Å². The summed E-state index contributed by atoms with van der Waals surface area (Å²) >= 11 is 7.21. The fraction of sp³-hybridized carbons (Fsp3) is 0.917. The van der Waals surface area contributed by atoms with Crippen molar-refractivity contribution in [3.8, 4) is 0 Å². The minimum absolute atomic E-state index is 0.442. The number of nitrogens with one attached hydrogen (secondary N) is 2. The van der Waals surface area contributed by atoms with Gasteiger partial charge in [-0.2, -0.15) is 11.8 Å². The third-order valence-corrected chi connectivity index (χ3v) is 4.93. The highest BCUT2D eigenvalue weighted by Gasteiger charge is 2.35. The molecule has 0 atom stereocenters. The first-order valence-electron chi connectivity index (χ1n) is 6.37. The Bertz CT molecular complexity index is 227. The second-order valence-corrected chi connectivity index (χ2v) is 6.08. The molecular formula is C12H24N2OS2. The molecule has 0 aliphatic heterocycles. The summed E-state index contributed by atoms with van der Waals surface area (Å²) in [5, 5.41) is 7.32. The Morgan fingerprint density at radius 3 is 2.71 bits per heavy atom. The summed E-state index contributed by atoms with van der Waals surface area (Å²) in [7, 11) is 0. The number of rotatable bonds is 8. The molecule has 0 aromatic rings. The average Bonchev–Trinajstić information content (AvgIpc) is 2.28. The first-order valence-corrected chi connectivity index (χ1v) is 8.00. The summed E-state index contributed by atoms with van der Waals surface area (Å²) in [5.74, 6) is 0. The van der Waals surface area contributed by atoms with Crippen molar-refractivity contribution in [2.45, 2.75) is 37.4 Å². The van der Waals surface area contributed by atoms with Crippen LogP contribution >= 0.6 is 24.0 Å². The van der Waals surface area contributed by atoms with Crippen LogP contribution in [-0.4, -0.2) is 42.4 Å². The predicted molar refractivity (Wildman–Crippen MR) is 79.8 cm³/mol. The number of thiocarbonyl (C=S) groups is 1. The third kappa shape index (κ3) is 5.44. The molecule has 0 unspecified atom stereocenters. The first-order chi connectivity index (χ1) is 8.22. The predicted octanol–water partition coefficient (Wildman–Crippen LogP) is 2.16. The van der Waals surface area contributed by atoms with E-state index in [-0.39, 0.29) is 0 Å². The lowest BCUT2D eigenvalue weighted by atomic mass is 9.84. The number of hydrogen-bond acceptors (Lipinski definition) is 3. The molecule has 0 aromatic heterocycles. The second-order valence-electron chi connectivity index (χ2n) is 4.40. The van der Waals surface area contributed by atoms with Crippen LogP contribution in [0.15, 0.2) is 0 Å². The molecule has 5 heteroatoms. The van der Waals surface area contributed by atoms with Gasteiger partial charge in [0.25, 0.3) is 0 Å². The Balaban J connectivity index is 2.01. The molecule has 0 amide bonds. The fourth-order valence-electron chi connectivity index (χ4n) is 1.85. The van der Waals surface area contributed by atoms with Crippen molar-refractivity contribution in [2.24, 2.45) is 0 Å². The van der Waals surface area contributed by atoms with E-state index in [1.54, 1.807) is 0 Å². The Morgan fingerprint density at radius 1 is 1.41 bits per heavy atom. The zero-order valence-corrected chi connectivity index (χ0v) is 12.5.